The van der Waals surface area contributed by atoms with Crippen LogP contribution in [0.5, 0.6) is 0 Å². The van der Waals surface area contributed by atoms with Gasteiger partial charge in [-0.3, -0.25) is 19.3 Å². The van der Waals surface area contributed by atoms with E-state index in [1.807, 2.05) is 18.2 Å². The first-order valence-electron chi connectivity index (χ1n) is 11.3. The summed E-state index contributed by atoms with van der Waals surface area (Å²) in [5, 5.41) is 2.92. The molecule has 3 amide bonds. The molecule has 2 aliphatic rings. The third-order valence-corrected chi connectivity index (χ3v) is 6.49. The Morgan fingerprint density at radius 2 is 1.69 bits per heavy atom. The topological polar surface area (TPSA) is 75.7 Å². The van der Waals surface area contributed by atoms with E-state index >= 15 is 0 Å². The molecule has 2 heterocycles. The highest BCUT2D eigenvalue weighted by Gasteiger charge is 2.37. The molecule has 0 unspecified atom stereocenters. The second-order valence-corrected chi connectivity index (χ2v) is 9.26. The van der Waals surface area contributed by atoms with E-state index in [1.165, 1.54) is 5.56 Å². The summed E-state index contributed by atoms with van der Waals surface area (Å²) in [5.74, 6) is -0.369. The maximum Gasteiger partial charge on any atom is 0.262 e. The third-order valence-electron chi connectivity index (χ3n) is 6.49. The van der Waals surface area contributed by atoms with Crippen LogP contribution >= 0.6 is 0 Å². The van der Waals surface area contributed by atoms with Crippen LogP contribution in [0.25, 0.3) is 0 Å². The largest absolute Gasteiger partial charge is 0.376 e. The van der Waals surface area contributed by atoms with Gasteiger partial charge in [-0.1, -0.05) is 42.5 Å². The number of nitrogens with zero attached hydrogens (tertiary/aromatic N) is 1. The number of imide groups is 1. The summed E-state index contributed by atoms with van der Waals surface area (Å²) in [6.07, 6.45) is 2.75. The molecule has 0 radical (unpaired) electrons. The van der Waals surface area contributed by atoms with Crippen LogP contribution in [-0.4, -0.2) is 47.9 Å². The van der Waals surface area contributed by atoms with E-state index in [9.17, 15) is 14.4 Å². The molecule has 0 bridgehead atoms. The quantitative estimate of drug-likeness (QED) is 0.673. The maximum absolute atomic E-state index is 12.6. The Labute approximate surface area is 188 Å². The summed E-state index contributed by atoms with van der Waals surface area (Å²) in [6, 6.07) is 17.1. The van der Waals surface area contributed by atoms with Gasteiger partial charge in [-0.15, -0.1) is 0 Å². The van der Waals surface area contributed by atoms with E-state index in [-0.39, 0.29) is 18.1 Å². The fourth-order valence-electron chi connectivity index (χ4n) is 4.95. The first-order chi connectivity index (χ1) is 15.4. The molecule has 2 aromatic rings. The number of amides is 3. The van der Waals surface area contributed by atoms with Crippen molar-refractivity contribution in [3.8, 4) is 0 Å². The number of benzene rings is 2. The molecule has 0 saturated carbocycles. The first-order valence-corrected chi connectivity index (χ1v) is 11.3. The van der Waals surface area contributed by atoms with Crippen LogP contribution in [0.4, 0.5) is 0 Å². The summed E-state index contributed by atoms with van der Waals surface area (Å²) in [4.78, 5) is 38.6. The molecular weight excluding hydrogens is 404 g/mol. The van der Waals surface area contributed by atoms with Crippen molar-refractivity contribution < 1.29 is 19.1 Å². The Morgan fingerprint density at radius 1 is 1.06 bits per heavy atom. The fourth-order valence-corrected chi connectivity index (χ4v) is 4.95. The van der Waals surface area contributed by atoms with Gasteiger partial charge in [0.05, 0.1) is 16.7 Å². The minimum absolute atomic E-state index is 0.148. The highest BCUT2D eigenvalue weighted by Crippen LogP contribution is 2.39. The summed E-state index contributed by atoms with van der Waals surface area (Å²) >= 11 is 0. The predicted molar refractivity (Wildman–Crippen MR) is 121 cm³/mol. The predicted octanol–water partition coefficient (Wildman–Crippen LogP) is 3.78. The van der Waals surface area contributed by atoms with Crippen molar-refractivity contribution in [1.29, 1.82) is 0 Å². The Kier molecular flexibility index (Phi) is 6.42. The van der Waals surface area contributed by atoms with Crippen molar-refractivity contribution in [1.82, 2.24) is 10.2 Å². The van der Waals surface area contributed by atoms with Crippen LogP contribution < -0.4 is 5.32 Å². The van der Waals surface area contributed by atoms with E-state index in [0.717, 1.165) is 30.8 Å². The van der Waals surface area contributed by atoms with Gasteiger partial charge in [0.25, 0.3) is 11.8 Å². The maximum atomic E-state index is 12.6. The lowest BCUT2D eigenvalue weighted by Crippen LogP contribution is -2.41. The molecule has 6 nitrogen and oxygen atoms in total. The zero-order chi connectivity index (χ0) is 22.7. The molecule has 2 aliphatic heterocycles. The number of carbonyl (C=O) groups is 3. The molecule has 2 atom stereocenters. The van der Waals surface area contributed by atoms with Gasteiger partial charge in [-0.05, 0) is 62.6 Å². The Balaban J connectivity index is 1.36. The minimum atomic E-state index is -0.410. The van der Waals surface area contributed by atoms with Crippen molar-refractivity contribution in [3.63, 3.8) is 0 Å². The lowest BCUT2D eigenvalue weighted by molar-refractivity contribution is -0.121. The number of fused-ring (bicyclic) bond motifs is 1. The Bertz CT molecular complexity index is 967. The van der Waals surface area contributed by atoms with E-state index in [0.29, 0.717) is 29.5 Å². The second kappa shape index (κ2) is 9.25. The Morgan fingerprint density at radius 3 is 2.31 bits per heavy atom. The number of hydrogen-bond donors (Lipinski definition) is 1. The van der Waals surface area contributed by atoms with Crippen LogP contribution in [0.3, 0.4) is 0 Å². The summed E-state index contributed by atoms with van der Waals surface area (Å²) in [5.41, 5.74) is 1.84. The second-order valence-electron chi connectivity index (χ2n) is 9.26. The zero-order valence-electron chi connectivity index (χ0n) is 18.7. The molecule has 1 saturated heterocycles. The molecule has 1 fully saturated rings. The van der Waals surface area contributed by atoms with Crippen molar-refractivity contribution in [2.75, 3.05) is 19.7 Å². The molecule has 4 rings (SSSR count). The summed E-state index contributed by atoms with van der Waals surface area (Å²) < 4.78 is 5.91. The zero-order valence-corrected chi connectivity index (χ0v) is 18.7. The van der Waals surface area contributed by atoms with Crippen molar-refractivity contribution in [3.05, 3.63) is 71.3 Å². The minimum Gasteiger partial charge on any atom is -0.376 e. The third kappa shape index (κ3) is 4.75. The van der Waals surface area contributed by atoms with Gasteiger partial charge in [-0.25, -0.2) is 0 Å². The van der Waals surface area contributed by atoms with Gasteiger partial charge in [0.2, 0.25) is 5.91 Å². The normalized spacial score (nSPS) is 20.7. The molecule has 2 aromatic carbocycles. The van der Waals surface area contributed by atoms with Gasteiger partial charge in [0, 0.05) is 13.2 Å². The van der Waals surface area contributed by atoms with E-state index in [2.05, 4.69) is 31.3 Å². The summed E-state index contributed by atoms with van der Waals surface area (Å²) in [7, 11) is 0. The molecule has 6 heteroatoms. The van der Waals surface area contributed by atoms with Crippen molar-refractivity contribution >= 4 is 17.7 Å². The van der Waals surface area contributed by atoms with Crippen molar-refractivity contribution in [2.45, 2.75) is 44.6 Å². The molecule has 32 heavy (non-hydrogen) atoms. The molecule has 0 spiro atoms. The molecule has 168 valence electrons. The molecule has 0 aromatic heterocycles. The van der Waals surface area contributed by atoms with Crippen LogP contribution in [0.2, 0.25) is 0 Å². The van der Waals surface area contributed by atoms with Crippen molar-refractivity contribution in [2.24, 2.45) is 5.92 Å². The van der Waals surface area contributed by atoms with E-state index in [1.54, 1.807) is 24.3 Å². The molecule has 0 aliphatic carbocycles. The fraction of sp³-hybridized carbons (Fsp3) is 0.423. The van der Waals surface area contributed by atoms with E-state index in [4.69, 9.17) is 4.74 Å². The lowest BCUT2D eigenvalue weighted by atomic mass is 9.75. The molecular formula is C26H30N2O4. The van der Waals surface area contributed by atoms with Gasteiger partial charge in [-0.2, -0.15) is 0 Å². The number of ether oxygens (including phenoxy) is 1. The highest BCUT2D eigenvalue weighted by atomic mass is 16.5. The number of rotatable bonds is 7. The average Bonchev–Trinajstić information content (AvgIpc) is 3.02. The van der Waals surface area contributed by atoms with E-state index < -0.39 is 11.8 Å². The molecule has 1 N–H and O–H groups in total. The number of carbonyl (C=O) groups excluding carboxylic acids is 3. The summed E-state index contributed by atoms with van der Waals surface area (Å²) in [6.45, 7) is 5.23. The van der Waals surface area contributed by atoms with Crippen LogP contribution in [0, 0.1) is 5.92 Å². The van der Waals surface area contributed by atoms with Gasteiger partial charge >= 0.3 is 0 Å². The number of nitrogens with one attached hydrogen (secondary N) is 1. The van der Waals surface area contributed by atoms with Gasteiger partial charge < -0.3 is 10.1 Å². The average molecular weight is 435 g/mol. The standard InChI is InChI=1S/C26H30N2O4/c1-26(2)16-19(13-15-32-26)20(18-8-4-3-5-9-18)12-14-27-23(29)17-28-24(30)21-10-6-7-11-22(21)25(28)31/h3-11,19-20H,12-17H2,1-2H3,(H,27,29)/t19-,20-/m0/s1. The van der Waals surface area contributed by atoms with Crippen LogP contribution in [-0.2, 0) is 9.53 Å². The number of hydrogen-bond acceptors (Lipinski definition) is 4. The lowest BCUT2D eigenvalue weighted by Gasteiger charge is -2.39. The monoisotopic (exact) mass is 434 g/mol. The van der Waals surface area contributed by atoms with Gasteiger partial charge in [0.1, 0.15) is 6.54 Å². The first kappa shape index (κ1) is 22.2. The van der Waals surface area contributed by atoms with Gasteiger partial charge in [0.15, 0.2) is 0 Å². The van der Waals surface area contributed by atoms with Crippen LogP contribution in [0.1, 0.15) is 65.3 Å². The Hall–Kier alpha value is -2.99. The SMILES string of the molecule is CC1(C)C[C@@H]([C@@H](CCNC(=O)CN2C(=O)c3ccccc3C2=O)c2ccccc2)CCO1. The smallest absolute Gasteiger partial charge is 0.262 e. The van der Waals surface area contributed by atoms with Crippen LogP contribution in [0.15, 0.2) is 54.6 Å². The highest BCUT2D eigenvalue weighted by molar-refractivity contribution is 6.22.